The minimum atomic E-state index is 0.496. The molecular formula is C22H32N4O3. The quantitative estimate of drug-likeness (QED) is 0.523. The van der Waals surface area contributed by atoms with Gasteiger partial charge in [0.15, 0.2) is 17.5 Å². The van der Waals surface area contributed by atoms with E-state index in [9.17, 15) is 0 Å². The molecule has 0 spiro atoms. The molecule has 0 unspecified atom stereocenters. The predicted molar refractivity (Wildman–Crippen MR) is 116 cm³/mol. The number of furan rings is 1. The topological polar surface area (TPSA) is 71.3 Å². The SMILES string of the molecule is CC(C)N(C)CCN=C(NCCc1ccco1)Nc1ccc2c(c1)OCCCO2. The zero-order chi connectivity index (χ0) is 20.5. The van der Waals surface area contributed by atoms with Gasteiger partial charge >= 0.3 is 0 Å². The van der Waals surface area contributed by atoms with Crippen molar-refractivity contribution < 1.29 is 13.9 Å². The summed E-state index contributed by atoms with van der Waals surface area (Å²) < 4.78 is 16.9. The van der Waals surface area contributed by atoms with E-state index in [1.807, 2.05) is 30.3 Å². The number of aliphatic imine (C=N–C) groups is 1. The van der Waals surface area contributed by atoms with Crippen molar-refractivity contribution in [2.24, 2.45) is 4.99 Å². The van der Waals surface area contributed by atoms with Gasteiger partial charge in [-0.15, -0.1) is 0 Å². The Kier molecular flexibility index (Phi) is 7.81. The number of anilines is 1. The summed E-state index contributed by atoms with van der Waals surface area (Å²) in [6, 6.07) is 10.3. The number of hydrogen-bond donors (Lipinski definition) is 2. The first-order chi connectivity index (χ1) is 14.1. The molecule has 0 atom stereocenters. The van der Waals surface area contributed by atoms with Crippen LogP contribution >= 0.6 is 0 Å². The Bertz CT molecular complexity index is 774. The van der Waals surface area contributed by atoms with Gasteiger partial charge in [0.1, 0.15) is 5.76 Å². The number of ether oxygens (including phenoxy) is 2. The van der Waals surface area contributed by atoms with Crippen molar-refractivity contribution in [3.8, 4) is 11.5 Å². The van der Waals surface area contributed by atoms with Crippen LogP contribution in [0.4, 0.5) is 5.69 Å². The van der Waals surface area contributed by atoms with Gasteiger partial charge < -0.3 is 29.4 Å². The summed E-state index contributed by atoms with van der Waals surface area (Å²) in [6.45, 7) is 8.04. The van der Waals surface area contributed by atoms with Gasteiger partial charge in [0.2, 0.25) is 0 Å². The number of nitrogens with zero attached hydrogens (tertiary/aromatic N) is 2. The first-order valence-corrected chi connectivity index (χ1v) is 10.3. The minimum absolute atomic E-state index is 0.496. The Labute approximate surface area is 173 Å². The first-order valence-electron chi connectivity index (χ1n) is 10.3. The van der Waals surface area contributed by atoms with Crippen LogP contribution in [0.5, 0.6) is 11.5 Å². The van der Waals surface area contributed by atoms with Crippen molar-refractivity contribution in [3.05, 3.63) is 42.4 Å². The number of rotatable bonds is 8. The minimum Gasteiger partial charge on any atom is -0.490 e. The molecule has 7 heteroatoms. The molecule has 0 aliphatic carbocycles. The molecule has 1 aromatic carbocycles. The van der Waals surface area contributed by atoms with Crippen molar-refractivity contribution in [2.45, 2.75) is 32.7 Å². The van der Waals surface area contributed by atoms with Crippen LogP contribution in [0.1, 0.15) is 26.0 Å². The molecule has 158 valence electrons. The first kappa shape index (κ1) is 21.0. The maximum absolute atomic E-state index is 5.80. The Morgan fingerprint density at radius 3 is 2.76 bits per heavy atom. The van der Waals surface area contributed by atoms with Crippen LogP contribution in [0.3, 0.4) is 0 Å². The van der Waals surface area contributed by atoms with E-state index in [2.05, 4.69) is 36.4 Å². The van der Waals surface area contributed by atoms with Gasteiger partial charge in [0.25, 0.3) is 0 Å². The average molecular weight is 401 g/mol. The van der Waals surface area contributed by atoms with Crippen LogP contribution in [0.25, 0.3) is 0 Å². The van der Waals surface area contributed by atoms with E-state index < -0.39 is 0 Å². The van der Waals surface area contributed by atoms with Crippen LogP contribution in [-0.4, -0.2) is 56.8 Å². The smallest absolute Gasteiger partial charge is 0.195 e. The summed E-state index contributed by atoms with van der Waals surface area (Å²) in [6.07, 6.45) is 3.38. The van der Waals surface area contributed by atoms with Crippen molar-refractivity contribution in [1.82, 2.24) is 10.2 Å². The molecular weight excluding hydrogens is 368 g/mol. The second kappa shape index (κ2) is 10.8. The molecule has 0 bridgehead atoms. The van der Waals surface area contributed by atoms with E-state index in [1.54, 1.807) is 6.26 Å². The number of nitrogens with one attached hydrogen (secondary N) is 2. The zero-order valence-corrected chi connectivity index (χ0v) is 17.6. The van der Waals surface area contributed by atoms with Crippen LogP contribution < -0.4 is 20.1 Å². The fourth-order valence-electron chi connectivity index (χ4n) is 2.85. The van der Waals surface area contributed by atoms with E-state index >= 15 is 0 Å². The van der Waals surface area contributed by atoms with E-state index in [4.69, 9.17) is 18.9 Å². The maximum Gasteiger partial charge on any atom is 0.195 e. The standard InChI is InChI=1S/C22H32N4O3/c1-17(2)26(3)12-11-24-22(23-10-9-19-6-4-13-27-19)25-18-7-8-20-21(16-18)29-15-5-14-28-20/h4,6-8,13,16-17H,5,9-12,14-15H2,1-3H3,(H2,23,24,25). The molecule has 2 aromatic rings. The summed E-state index contributed by atoms with van der Waals surface area (Å²) in [4.78, 5) is 7.02. The van der Waals surface area contributed by atoms with Gasteiger partial charge in [-0.1, -0.05) is 0 Å². The van der Waals surface area contributed by atoms with Crippen molar-refractivity contribution in [1.29, 1.82) is 0 Å². The second-order valence-corrected chi connectivity index (χ2v) is 7.40. The fraction of sp³-hybridized carbons (Fsp3) is 0.500. The highest BCUT2D eigenvalue weighted by atomic mass is 16.5. The number of likely N-dealkylation sites (N-methyl/N-ethyl adjacent to an activating group) is 1. The molecule has 1 aromatic heterocycles. The lowest BCUT2D eigenvalue weighted by Crippen LogP contribution is -2.34. The second-order valence-electron chi connectivity index (χ2n) is 7.40. The third kappa shape index (κ3) is 6.71. The van der Waals surface area contributed by atoms with E-state index in [0.717, 1.165) is 54.8 Å². The predicted octanol–water partition coefficient (Wildman–Crippen LogP) is 3.38. The van der Waals surface area contributed by atoms with Crippen LogP contribution in [0, 0.1) is 0 Å². The average Bonchev–Trinajstić information content (AvgIpc) is 3.11. The lowest BCUT2D eigenvalue weighted by molar-refractivity contribution is 0.282. The van der Waals surface area contributed by atoms with E-state index in [-0.39, 0.29) is 0 Å². The summed E-state index contributed by atoms with van der Waals surface area (Å²) in [5.41, 5.74) is 0.913. The van der Waals surface area contributed by atoms with Gasteiger partial charge in [-0.3, -0.25) is 4.99 Å². The van der Waals surface area contributed by atoms with E-state index in [0.29, 0.717) is 25.8 Å². The molecule has 0 radical (unpaired) electrons. The Morgan fingerprint density at radius 1 is 1.17 bits per heavy atom. The summed E-state index contributed by atoms with van der Waals surface area (Å²) in [7, 11) is 2.11. The Hall–Kier alpha value is -2.67. The van der Waals surface area contributed by atoms with Gasteiger partial charge in [0, 0.05) is 43.7 Å². The lowest BCUT2D eigenvalue weighted by Gasteiger charge is -2.20. The highest BCUT2D eigenvalue weighted by Crippen LogP contribution is 2.32. The van der Waals surface area contributed by atoms with Crippen molar-refractivity contribution in [2.75, 3.05) is 45.2 Å². The normalized spacial score (nSPS) is 14.2. The molecule has 1 aliphatic heterocycles. The molecule has 0 amide bonds. The van der Waals surface area contributed by atoms with Gasteiger partial charge in [0.05, 0.1) is 26.0 Å². The zero-order valence-electron chi connectivity index (χ0n) is 17.6. The van der Waals surface area contributed by atoms with Gasteiger partial charge in [-0.25, -0.2) is 0 Å². The lowest BCUT2D eigenvalue weighted by atomic mass is 10.2. The van der Waals surface area contributed by atoms with Crippen LogP contribution in [0.15, 0.2) is 46.0 Å². The molecule has 1 aliphatic rings. The maximum atomic E-state index is 5.80. The molecule has 2 heterocycles. The number of guanidine groups is 1. The highest BCUT2D eigenvalue weighted by Gasteiger charge is 2.12. The molecule has 2 N–H and O–H groups in total. The summed E-state index contributed by atoms with van der Waals surface area (Å²) in [5, 5.41) is 6.78. The third-order valence-corrected chi connectivity index (χ3v) is 4.86. The summed E-state index contributed by atoms with van der Waals surface area (Å²) >= 11 is 0. The molecule has 0 fully saturated rings. The van der Waals surface area contributed by atoms with Crippen molar-refractivity contribution >= 4 is 11.6 Å². The fourth-order valence-corrected chi connectivity index (χ4v) is 2.85. The third-order valence-electron chi connectivity index (χ3n) is 4.86. The molecule has 3 rings (SSSR count). The monoisotopic (exact) mass is 400 g/mol. The van der Waals surface area contributed by atoms with Crippen LogP contribution in [-0.2, 0) is 6.42 Å². The van der Waals surface area contributed by atoms with Crippen molar-refractivity contribution in [3.63, 3.8) is 0 Å². The molecule has 0 saturated heterocycles. The molecule has 29 heavy (non-hydrogen) atoms. The van der Waals surface area contributed by atoms with Gasteiger partial charge in [-0.2, -0.15) is 0 Å². The summed E-state index contributed by atoms with van der Waals surface area (Å²) in [5.74, 6) is 3.24. The largest absolute Gasteiger partial charge is 0.490 e. The number of hydrogen-bond acceptors (Lipinski definition) is 5. The van der Waals surface area contributed by atoms with Gasteiger partial charge in [-0.05, 0) is 45.2 Å². The molecule has 7 nitrogen and oxygen atoms in total. The van der Waals surface area contributed by atoms with E-state index in [1.165, 1.54) is 0 Å². The number of benzene rings is 1. The molecule has 0 saturated carbocycles. The Morgan fingerprint density at radius 2 is 2.00 bits per heavy atom. The highest BCUT2D eigenvalue weighted by molar-refractivity contribution is 5.94. The Balaban J connectivity index is 1.63. The van der Waals surface area contributed by atoms with Crippen LogP contribution in [0.2, 0.25) is 0 Å². The number of fused-ring (bicyclic) bond motifs is 1.